The summed E-state index contributed by atoms with van der Waals surface area (Å²) in [5.41, 5.74) is 0.671. The molecular weight excluding hydrogens is 184 g/mol. The highest BCUT2D eigenvalue weighted by Crippen LogP contribution is 2.42. The molecule has 1 unspecified atom stereocenters. The van der Waals surface area contributed by atoms with Gasteiger partial charge in [-0.3, -0.25) is 0 Å². The molecule has 0 amide bonds. The Hall–Kier alpha value is -1.42. The van der Waals surface area contributed by atoms with Crippen LogP contribution in [0.4, 0.5) is 0 Å². The van der Waals surface area contributed by atoms with E-state index in [4.69, 9.17) is 9.47 Å². The van der Waals surface area contributed by atoms with Crippen LogP contribution in [0.1, 0.15) is 12.5 Å². The fraction of sp³-hybridized carbons (Fsp3) is 0.400. The van der Waals surface area contributed by atoms with E-state index in [-0.39, 0.29) is 12.5 Å². The van der Waals surface area contributed by atoms with Crippen molar-refractivity contribution in [2.75, 3.05) is 6.79 Å². The Labute approximate surface area is 81.7 Å². The van der Waals surface area contributed by atoms with E-state index < -0.39 is 6.10 Å². The maximum Gasteiger partial charge on any atom is 0.231 e. The van der Waals surface area contributed by atoms with Crippen molar-refractivity contribution in [2.45, 2.75) is 19.4 Å². The zero-order valence-corrected chi connectivity index (χ0v) is 7.86. The van der Waals surface area contributed by atoms with Crippen LogP contribution < -0.4 is 9.47 Å². The first-order valence-electron chi connectivity index (χ1n) is 4.47. The third kappa shape index (κ3) is 1.48. The first kappa shape index (κ1) is 9.15. The van der Waals surface area contributed by atoms with Crippen molar-refractivity contribution in [3.8, 4) is 17.2 Å². The van der Waals surface area contributed by atoms with Gasteiger partial charge in [0, 0.05) is 12.0 Å². The van der Waals surface area contributed by atoms with E-state index in [1.807, 2.05) is 0 Å². The Morgan fingerprint density at radius 3 is 2.93 bits per heavy atom. The van der Waals surface area contributed by atoms with Gasteiger partial charge in [0.25, 0.3) is 0 Å². The minimum Gasteiger partial charge on any atom is -0.504 e. The van der Waals surface area contributed by atoms with Crippen molar-refractivity contribution in [3.63, 3.8) is 0 Å². The van der Waals surface area contributed by atoms with Crippen molar-refractivity contribution in [1.29, 1.82) is 0 Å². The number of rotatable bonds is 2. The standard InChI is InChI=1S/C10H12O4/c1-6(11)4-7-2-3-8-10(9(7)12)14-5-13-8/h2-3,6,11-12H,4-5H2,1H3. The van der Waals surface area contributed by atoms with E-state index in [9.17, 15) is 10.2 Å². The van der Waals surface area contributed by atoms with Crippen LogP contribution in [0.15, 0.2) is 12.1 Å². The minimum atomic E-state index is -0.485. The molecule has 0 aliphatic carbocycles. The van der Waals surface area contributed by atoms with Gasteiger partial charge in [-0.15, -0.1) is 0 Å². The molecule has 4 heteroatoms. The Morgan fingerprint density at radius 2 is 2.21 bits per heavy atom. The number of hydrogen-bond donors (Lipinski definition) is 2. The molecule has 1 aromatic rings. The Morgan fingerprint density at radius 1 is 1.43 bits per heavy atom. The number of ether oxygens (including phenoxy) is 2. The minimum absolute atomic E-state index is 0.0703. The van der Waals surface area contributed by atoms with Crippen molar-refractivity contribution in [2.24, 2.45) is 0 Å². The molecule has 0 saturated heterocycles. The molecule has 0 bridgehead atoms. The molecule has 1 aromatic carbocycles. The number of fused-ring (bicyclic) bond motifs is 1. The summed E-state index contributed by atoms with van der Waals surface area (Å²) >= 11 is 0. The monoisotopic (exact) mass is 196 g/mol. The van der Waals surface area contributed by atoms with Gasteiger partial charge >= 0.3 is 0 Å². The van der Waals surface area contributed by atoms with Crippen molar-refractivity contribution < 1.29 is 19.7 Å². The van der Waals surface area contributed by atoms with Gasteiger partial charge in [-0.25, -0.2) is 0 Å². The van der Waals surface area contributed by atoms with Gasteiger partial charge in [-0.05, 0) is 13.0 Å². The maximum absolute atomic E-state index is 9.74. The molecule has 0 spiro atoms. The summed E-state index contributed by atoms with van der Waals surface area (Å²) in [6.45, 7) is 1.81. The largest absolute Gasteiger partial charge is 0.504 e. The highest BCUT2D eigenvalue weighted by atomic mass is 16.7. The van der Waals surface area contributed by atoms with E-state index in [2.05, 4.69) is 0 Å². The molecule has 1 aliphatic rings. The normalized spacial score (nSPS) is 15.6. The van der Waals surface area contributed by atoms with Crippen molar-refractivity contribution >= 4 is 0 Å². The fourth-order valence-electron chi connectivity index (χ4n) is 1.48. The number of benzene rings is 1. The summed E-state index contributed by atoms with van der Waals surface area (Å²) < 4.78 is 10.2. The highest BCUT2D eigenvalue weighted by molar-refractivity contribution is 5.56. The van der Waals surface area contributed by atoms with E-state index in [0.29, 0.717) is 23.5 Å². The number of aliphatic hydroxyl groups is 1. The fourth-order valence-corrected chi connectivity index (χ4v) is 1.48. The highest BCUT2D eigenvalue weighted by Gasteiger charge is 2.20. The number of aromatic hydroxyl groups is 1. The van der Waals surface area contributed by atoms with E-state index in [1.54, 1.807) is 19.1 Å². The number of phenols is 1. The lowest BCUT2D eigenvalue weighted by molar-refractivity contribution is 0.171. The van der Waals surface area contributed by atoms with Crippen LogP contribution >= 0.6 is 0 Å². The van der Waals surface area contributed by atoms with Crippen LogP contribution in [-0.4, -0.2) is 23.1 Å². The van der Waals surface area contributed by atoms with Crippen molar-refractivity contribution in [3.05, 3.63) is 17.7 Å². The molecule has 0 saturated carbocycles. The van der Waals surface area contributed by atoms with Crippen LogP contribution in [0.25, 0.3) is 0 Å². The smallest absolute Gasteiger partial charge is 0.231 e. The van der Waals surface area contributed by atoms with Gasteiger partial charge in [0.15, 0.2) is 11.5 Å². The third-order valence-electron chi connectivity index (χ3n) is 2.11. The zero-order chi connectivity index (χ0) is 10.1. The summed E-state index contributed by atoms with van der Waals surface area (Å²) in [5, 5.41) is 18.9. The molecule has 76 valence electrons. The van der Waals surface area contributed by atoms with Crippen LogP contribution in [0.3, 0.4) is 0 Å². The molecule has 14 heavy (non-hydrogen) atoms. The summed E-state index contributed by atoms with van der Waals surface area (Å²) in [5.74, 6) is 1.00. The molecule has 1 atom stereocenters. The van der Waals surface area contributed by atoms with E-state index >= 15 is 0 Å². The van der Waals surface area contributed by atoms with Gasteiger partial charge in [-0.2, -0.15) is 0 Å². The third-order valence-corrected chi connectivity index (χ3v) is 2.11. The SMILES string of the molecule is CC(O)Cc1ccc2c(c1O)OCO2. The average Bonchev–Trinajstić information content (AvgIpc) is 2.57. The molecule has 0 radical (unpaired) electrons. The molecular formula is C10H12O4. The number of phenolic OH excluding ortho intramolecular Hbond substituents is 1. The lowest BCUT2D eigenvalue weighted by Gasteiger charge is -2.08. The predicted octanol–water partition coefficient (Wildman–Crippen LogP) is 1.04. The first-order valence-corrected chi connectivity index (χ1v) is 4.47. The van der Waals surface area contributed by atoms with Crippen LogP contribution in [-0.2, 0) is 6.42 Å². The summed E-state index contributed by atoms with van der Waals surface area (Å²) in [4.78, 5) is 0. The van der Waals surface area contributed by atoms with E-state index in [0.717, 1.165) is 0 Å². The molecule has 4 nitrogen and oxygen atoms in total. The lowest BCUT2D eigenvalue weighted by Crippen LogP contribution is -2.04. The summed E-state index contributed by atoms with van der Waals surface area (Å²) in [6, 6.07) is 3.47. The Balaban J connectivity index is 2.35. The van der Waals surface area contributed by atoms with Crippen LogP contribution in [0, 0.1) is 0 Å². The molecule has 0 aromatic heterocycles. The topological polar surface area (TPSA) is 58.9 Å². The van der Waals surface area contributed by atoms with Gasteiger partial charge in [0.2, 0.25) is 12.5 Å². The lowest BCUT2D eigenvalue weighted by atomic mass is 10.1. The van der Waals surface area contributed by atoms with Gasteiger partial charge in [-0.1, -0.05) is 6.07 Å². The average molecular weight is 196 g/mol. The second kappa shape index (κ2) is 3.38. The number of aliphatic hydroxyl groups excluding tert-OH is 1. The summed E-state index contributed by atoms with van der Waals surface area (Å²) in [7, 11) is 0. The van der Waals surface area contributed by atoms with Crippen molar-refractivity contribution in [1.82, 2.24) is 0 Å². The predicted molar refractivity (Wildman–Crippen MR) is 49.6 cm³/mol. The molecule has 2 rings (SSSR count). The van der Waals surface area contributed by atoms with Gasteiger partial charge in [0.05, 0.1) is 6.10 Å². The molecule has 2 N–H and O–H groups in total. The Kier molecular flexibility index (Phi) is 2.21. The summed E-state index contributed by atoms with van der Waals surface area (Å²) in [6.07, 6.45) is -0.0797. The Bertz CT molecular complexity index is 346. The second-order valence-corrected chi connectivity index (χ2v) is 3.36. The maximum atomic E-state index is 9.74. The number of hydrogen-bond acceptors (Lipinski definition) is 4. The van der Waals surface area contributed by atoms with Crippen LogP contribution in [0.2, 0.25) is 0 Å². The van der Waals surface area contributed by atoms with Gasteiger partial charge < -0.3 is 19.7 Å². The molecule has 1 heterocycles. The van der Waals surface area contributed by atoms with Crippen LogP contribution in [0.5, 0.6) is 17.2 Å². The quantitative estimate of drug-likeness (QED) is 0.742. The second-order valence-electron chi connectivity index (χ2n) is 3.36. The first-order chi connectivity index (χ1) is 6.68. The van der Waals surface area contributed by atoms with Gasteiger partial charge in [0.1, 0.15) is 0 Å². The molecule has 1 aliphatic heterocycles. The zero-order valence-electron chi connectivity index (χ0n) is 7.86. The van der Waals surface area contributed by atoms with E-state index in [1.165, 1.54) is 0 Å². The molecule has 0 fully saturated rings.